The van der Waals surface area contributed by atoms with Crippen molar-refractivity contribution in [3.8, 4) is 0 Å². The second kappa shape index (κ2) is 4.96. The maximum Gasteiger partial charge on any atom is 0.338 e. The van der Waals surface area contributed by atoms with Gasteiger partial charge in [0.1, 0.15) is 5.82 Å². The summed E-state index contributed by atoms with van der Waals surface area (Å²) >= 11 is 0. The molecule has 98 valence electrons. The smallest absolute Gasteiger partial charge is 0.338 e. The topological polar surface area (TPSA) is 49.3 Å². The summed E-state index contributed by atoms with van der Waals surface area (Å²) < 4.78 is 13.5. The van der Waals surface area contributed by atoms with E-state index < -0.39 is 11.8 Å². The molecule has 1 saturated carbocycles. The Balaban J connectivity index is 2.02. The van der Waals surface area contributed by atoms with Gasteiger partial charge >= 0.3 is 5.97 Å². The molecule has 1 fully saturated rings. The van der Waals surface area contributed by atoms with Crippen LogP contribution in [0.5, 0.6) is 0 Å². The van der Waals surface area contributed by atoms with Crippen LogP contribution in [0, 0.1) is 11.2 Å². The van der Waals surface area contributed by atoms with Gasteiger partial charge in [-0.15, -0.1) is 0 Å². The van der Waals surface area contributed by atoms with Gasteiger partial charge < -0.3 is 10.4 Å². The Morgan fingerprint density at radius 3 is 2.67 bits per heavy atom. The van der Waals surface area contributed by atoms with E-state index in [1.165, 1.54) is 31.4 Å². The van der Waals surface area contributed by atoms with Crippen LogP contribution in [0.1, 0.15) is 43.0 Å². The van der Waals surface area contributed by atoms with E-state index in [-0.39, 0.29) is 5.56 Å². The second-order valence-electron chi connectivity index (χ2n) is 5.06. The Bertz CT molecular complexity index is 450. The molecule has 1 aromatic carbocycles. The molecule has 0 bridgehead atoms. The minimum absolute atomic E-state index is 0.283. The molecular formula is C14H18FNO2. The Morgan fingerprint density at radius 1 is 1.50 bits per heavy atom. The number of carboxylic acids is 1. The lowest BCUT2D eigenvalue weighted by Gasteiger charge is -2.41. The molecule has 0 amide bonds. The molecule has 0 saturated heterocycles. The molecule has 2 N–H and O–H groups in total. The number of nitrogens with one attached hydrogen (secondary N) is 1. The zero-order valence-electron chi connectivity index (χ0n) is 10.5. The fraction of sp³-hybridized carbons (Fsp3) is 0.500. The van der Waals surface area contributed by atoms with Gasteiger partial charge in [-0.3, -0.25) is 0 Å². The molecule has 0 aromatic heterocycles. The van der Waals surface area contributed by atoms with E-state index in [1.807, 2.05) is 0 Å². The first-order valence-electron chi connectivity index (χ1n) is 6.33. The molecule has 0 aliphatic heterocycles. The molecule has 2 rings (SSSR count). The third-order valence-corrected chi connectivity index (χ3v) is 4.03. The van der Waals surface area contributed by atoms with Gasteiger partial charge in [0.05, 0.1) is 5.56 Å². The van der Waals surface area contributed by atoms with E-state index in [9.17, 15) is 9.18 Å². The van der Waals surface area contributed by atoms with Gasteiger partial charge in [-0.05, 0) is 42.9 Å². The highest BCUT2D eigenvalue weighted by Crippen LogP contribution is 2.43. The Morgan fingerprint density at radius 2 is 2.22 bits per heavy atom. The normalized spacial score (nSPS) is 17.0. The third kappa shape index (κ3) is 2.47. The van der Waals surface area contributed by atoms with E-state index in [4.69, 9.17) is 5.11 Å². The predicted molar refractivity (Wildman–Crippen MR) is 68.4 cm³/mol. The summed E-state index contributed by atoms with van der Waals surface area (Å²) in [7, 11) is 0. The highest BCUT2D eigenvalue weighted by Gasteiger charge is 2.34. The lowest BCUT2D eigenvalue weighted by molar-refractivity contribution is 0.0692. The van der Waals surface area contributed by atoms with Gasteiger partial charge in [-0.2, -0.15) is 0 Å². The molecule has 0 heterocycles. The van der Waals surface area contributed by atoms with Crippen LogP contribution in [-0.4, -0.2) is 17.6 Å². The molecular weight excluding hydrogens is 233 g/mol. The van der Waals surface area contributed by atoms with E-state index in [0.717, 1.165) is 13.0 Å². The van der Waals surface area contributed by atoms with Crippen molar-refractivity contribution >= 4 is 11.7 Å². The maximum atomic E-state index is 13.5. The summed E-state index contributed by atoms with van der Waals surface area (Å²) in [6, 6.07) is 4.18. The van der Waals surface area contributed by atoms with E-state index >= 15 is 0 Å². The summed E-state index contributed by atoms with van der Waals surface area (Å²) in [5.41, 5.74) is 0.716. The van der Waals surface area contributed by atoms with Crippen molar-refractivity contribution in [2.45, 2.75) is 32.6 Å². The van der Waals surface area contributed by atoms with Crippen LogP contribution in [0.15, 0.2) is 18.2 Å². The van der Waals surface area contributed by atoms with Crippen LogP contribution < -0.4 is 5.32 Å². The molecule has 1 aromatic rings. The molecule has 0 spiro atoms. The Labute approximate surface area is 106 Å². The molecule has 3 nitrogen and oxygen atoms in total. The number of carboxylic acid groups (broad SMARTS) is 1. The average molecular weight is 251 g/mol. The number of aromatic carboxylic acids is 1. The second-order valence-corrected chi connectivity index (χ2v) is 5.06. The Hall–Kier alpha value is -1.58. The number of benzene rings is 1. The maximum absolute atomic E-state index is 13.5. The van der Waals surface area contributed by atoms with Crippen molar-refractivity contribution in [2.24, 2.45) is 5.41 Å². The first kappa shape index (κ1) is 12.9. The number of carbonyl (C=O) groups is 1. The zero-order valence-corrected chi connectivity index (χ0v) is 10.5. The van der Waals surface area contributed by atoms with Gasteiger partial charge in [0.15, 0.2) is 0 Å². The monoisotopic (exact) mass is 251 g/mol. The van der Waals surface area contributed by atoms with Crippen molar-refractivity contribution in [1.29, 1.82) is 0 Å². The number of halogens is 1. The molecule has 0 radical (unpaired) electrons. The van der Waals surface area contributed by atoms with Crippen molar-refractivity contribution in [2.75, 3.05) is 11.9 Å². The predicted octanol–water partition coefficient (Wildman–Crippen LogP) is 3.52. The van der Waals surface area contributed by atoms with Crippen LogP contribution in [0.3, 0.4) is 0 Å². The summed E-state index contributed by atoms with van der Waals surface area (Å²) in [5.74, 6) is -1.92. The minimum atomic E-state index is -1.23. The van der Waals surface area contributed by atoms with E-state index in [2.05, 4.69) is 12.2 Å². The van der Waals surface area contributed by atoms with Crippen molar-refractivity contribution in [3.05, 3.63) is 29.6 Å². The van der Waals surface area contributed by atoms with E-state index in [0.29, 0.717) is 11.1 Å². The van der Waals surface area contributed by atoms with Crippen LogP contribution in [0.25, 0.3) is 0 Å². The molecule has 1 aliphatic rings. The van der Waals surface area contributed by atoms with Crippen LogP contribution in [0.2, 0.25) is 0 Å². The first-order chi connectivity index (χ1) is 8.56. The van der Waals surface area contributed by atoms with Crippen LogP contribution in [-0.2, 0) is 0 Å². The van der Waals surface area contributed by atoms with E-state index in [1.54, 1.807) is 6.07 Å². The fourth-order valence-electron chi connectivity index (χ4n) is 2.42. The zero-order chi connectivity index (χ0) is 13.2. The lowest BCUT2D eigenvalue weighted by Crippen LogP contribution is -2.35. The van der Waals surface area contributed by atoms with Gasteiger partial charge in [0.25, 0.3) is 0 Å². The Kier molecular flexibility index (Phi) is 3.55. The van der Waals surface area contributed by atoms with Gasteiger partial charge in [-0.1, -0.05) is 13.3 Å². The molecule has 0 atom stereocenters. The SMILES string of the molecule is CCC1(CNc2ccc(C(=O)O)c(F)c2)CCC1. The van der Waals surface area contributed by atoms with Crippen LogP contribution in [0.4, 0.5) is 10.1 Å². The number of hydrogen-bond acceptors (Lipinski definition) is 2. The third-order valence-electron chi connectivity index (χ3n) is 4.03. The highest BCUT2D eigenvalue weighted by molar-refractivity contribution is 5.88. The number of anilines is 1. The van der Waals surface area contributed by atoms with Crippen molar-refractivity contribution in [1.82, 2.24) is 0 Å². The number of rotatable bonds is 5. The standard InChI is InChI=1S/C14H18FNO2/c1-2-14(6-3-7-14)9-16-10-4-5-11(13(17)18)12(15)8-10/h4-5,8,16H,2-3,6-7,9H2,1H3,(H,17,18). The van der Waals surface area contributed by atoms with Crippen molar-refractivity contribution in [3.63, 3.8) is 0 Å². The molecule has 18 heavy (non-hydrogen) atoms. The largest absolute Gasteiger partial charge is 0.478 e. The molecule has 0 unspecified atom stereocenters. The molecule has 4 heteroatoms. The van der Waals surface area contributed by atoms with Gasteiger partial charge in [0.2, 0.25) is 0 Å². The summed E-state index contributed by atoms with van der Waals surface area (Å²) in [6.45, 7) is 3.00. The summed E-state index contributed by atoms with van der Waals surface area (Å²) in [4.78, 5) is 10.7. The average Bonchev–Trinajstić information content (AvgIpc) is 2.27. The van der Waals surface area contributed by atoms with Gasteiger partial charge in [0, 0.05) is 12.2 Å². The fourth-order valence-corrected chi connectivity index (χ4v) is 2.42. The lowest BCUT2D eigenvalue weighted by atomic mass is 9.67. The van der Waals surface area contributed by atoms with Gasteiger partial charge in [-0.25, -0.2) is 9.18 Å². The van der Waals surface area contributed by atoms with Crippen molar-refractivity contribution < 1.29 is 14.3 Å². The summed E-state index contributed by atoms with van der Waals surface area (Å²) in [6.07, 6.45) is 4.82. The summed E-state index contributed by atoms with van der Waals surface area (Å²) in [5, 5.41) is 12.0. The first-order valence-corrected chi connectivity index (χ1v) is 6.33. The molecule has 1 aliphatic carbocycles. The van der Waals surface area contributed by atoms with Crippen LogP contribution >= 0.6 is 0 Å². The quantitative estimate of drug-likeness (QED) is 0.841. The highest BCUT2D eigenvalue weighted by atomic mass is 19.1. The minimum Gasteiger partial charge on any atom is -0.478 e. The number of hydrogen-bond donors (Lipinski definition) is 2.